The molecule has 156 valence electrons. The van der Waals surface area contributed by atoms with Crippen LogP contribution in [0.4, 0.5) is 0 Å². The van der Waals surface area contributed by atoms with Gasteiger partial charge in [0.2, 0.25) is 11.8 Å². The molecular formula is C24H32N2O3. The second kappa shape index (κ2) is 11.2. The van der Waals surface area contributed by atoms with E-state index in [2.05, 4.69) is 5.32 Å². The number of amides is 2. The van der Waals surface area contributed by atoms with Crippen LogP contribution in [0.15, 0.2) is 54.6 Å². The minimum Gasteiger partial charge on any atom is -0.497 e. The molecule has 2 amide bonds. The van der Waals surface area contributed by atoms with Crippen LogP contribution in [-0.4, -0.2) is 42.5 Å². The van der Waals surface area contributed by atoms with Crippen molar-refractivity contribution in [2.45, 2.75) is 52.1 Å². The first-order valence-corrected chi connectivity index (χ1v) is 10.2. The third-order valence-electron chi connectivity index (χ3n) is 5.17. The van der Waals surface area contributed by atoms with Crippen LogP contribution in [0.3, 0.4) is 0 Å². The van der Waals surface area contributed by atoms with Gasteiger partial charge in [0.05, 0.1) is 13.5 Å². The molecular weight excluding hydrogens is 364 g/mol. The van der Waals surface area contributed by atoms with E-state index < -0.39 is 6.04 Å². The van der Waals surface area contributed by atoms with Gasteiger partial charge < -0.3 is 15.0 Å². The van der Waals surface area contributed by atoms with Gasteiger partial charge in [-0.15, -0.1) is 0 Å². The summed E-state index contributed by atoms with van der Waals surface area (Å²) in [6, 6.07) is 17.0. The third kappa shape index (κ3) is 6.93. The van der Waals surface area contributed by atoms with Gasteiger partial charge >= 0.3 is 0 Å². The van der Waals surface area contributed by atoms with Gasteiger partial charge in [0.25, 0.3) is 0 Å². The number of nitrogens with one attached hydrogen (secondary N) is 1. The molecule has 0 aliphatic carbocycles. The first-order valence-electron chi connectivity index (χ1n) is 10.2. The van der Waals surface area contributed by atoms with E-state index in [1.165, 1.54) is 0 Å². The van der Waals surface area contributed by atoms with E-state index in [1.54, 1.807) is 18.9 Å². The average molecular weight is 397 g/mol. The Bertz CT molecular complexity index is 774. The predicted molar refractivity (Wildman–Crippen MR) is 116 cm³/mol. The zero-order chi connectivity index (χ0) is 21.2. The highest BCUT2D eigenvalue weighted by molar-refractivity contribution is 5.88. The van der Waals surface area contributed by atoms with Gasteiger partial charge in [0.1, 0.15) is 11.8 Å². The van der Waals surface area contributed by atoms with Crippen molar-refractivity contribution in [2.24, 2.45) is 0 Å². The minimum absolute atomic E-state index is 0.0575. The summed E-state index contributed by atoms with van der Waals surface area (Å²) < 4.78 is 5.18. The zero-order valence-electron chi connectivity index (χ0n) is 17.9. The summed E-state index contributed by atoms with van der Waals surface area (Å²) in [5, 5.41) is 2.99. The van der Waals surface area contributed by atoms with Crippen LogP contribution in [-0.2, 0) is 22.4 Å². The van der Waals surface area contributed by atoms with Crippen molar-refractivity contribution in [2.75, 3.05) is 13.7 Å². The molecule has 0 aliphatic heterocycles. The molecule has 2 atom stereocenters. The Kier molecular flexibility index (Phi) is 8.71. The molecule has 2 aromatic rings. The molecule has 0 heterocycles. The highest BCUT2D eigenvalue weighted by Crippen LogP contribution is 2.14. The van der Waals surface area contributed by atoms with Crippen LogP contribution in [0.1, 0.15) is 38.3 Å². The summed E-state index contributed by atoms with van der Waals surface area (Å²) in [5.74, 6) is 0.580. The fourth-order valence-electron chi connectivity index (χ4n) is 3.06. The molecule has 2 unspecified atom stereocenters. The van der Waals surface area contributed by atoms with Gasteiger partial charge in [0.15, 0.2) is 0 Å². The fourth-order valence-corrected chi connectivity index (χ4v) is 3.06. The second-order valence-electron chi connectivity index (χ2n) is 7.34. The van der Waals surface area contributed by atoms with Gasteiger partial charge in [0, 0.05) is 12.6 Å². The van der Waals surface area contributed by atoms with Gasteiger partial charge in [-0.25, -0.2) is 0 Å². The summed E-state index contributed by atoms with van der Waals surface area (Å²) >= 11 is 0. The molecule has 5 heteroatoms. The molecule has 0 radical (unpaired) electrons. The maximum absolute atomic E-state index is 13.1. The number of hydrogen-bond acceptors (Lipinski definition) is 3. The van der Waals surface area contributed by atoms with Crippen molar-refractivity contribution < 1.29 is 14.3 Å². The second-order valence-corrected chi connectivity index (χ2v) is 7.34. The van der Waals surface area contributed by atoms with Crippen LogP contribution in [0.5, 0.6) is 5.75 Å². The lowest BCUT2D eigenvalue weighted by molar-refractivity contribution is -0.139. The minimum atomic E-state index is -0.529. The molecule has 1 N–H and O–H groups in total. The van der Waals surface area contributed by atoms with Crippen molar-refractivity contribution >= 4 is 11.8 Å². The summed E-state index contributed by atoms with van der Waals surface area (Å²) in [7, 11) is 1.61. The van der Waals surface area contributed by atoms with Crippen molar-refractivity contribution in [1.29, 1.82) is 0 Å². The maximum atomic E-state index is 13.1. The molecule has 0 spiro atoms. The van der Waals surface area contributed by atoms with Crippen molar-refractivity contribution in [1.82, 2.24) is 10.2 Å². The van der Waals surface area contributed by atoms with E-state index >= 15 is 0 Å². The number of rotatable bonds is 10. The van der Waals surface area contributed by atoms with Crippen molar-refractivity contribution in [3.05, 3.63) is 65.7 Å². The molecule has 5 nitrogen and oxygen atoms in total. The molecule has 0 aromatic heterocycles. The Hall–Kier alpha value is -2.82. The van der Waals surface area contributed by atoms with Crippen LogP contribution in [0, 0.1) is 0 Å². The number of hydrogen-bond donors (Lipinski definition) is 1. The van der Waals surface area contributed by atoms with Crippen LogP contribution < -0.4 is 10.1 Å². The molecule has 0 bridgehead atoms. The topological polar surface area (TPSA) is 58.6 Å². The van der Waals surface area contributed by atoms with E-state index in [4.69, 9.17) is 4.74 Å². The Morgan fingerprint density at radius 2 is 1.66 bits per heavy atom. The average Bonchev–Trinajstić information content (AvgIpc) is 2.74. The standard InChI is InChI=1S/C24H32N2O3/c1-5-18(2)25-24(28)19(3)26(16-15-20-9-7-6-8-10-20)23(27)17-21-11-13-22(29-4)14-12-21/h6-14,18-19H,5,15-17H2,1-4H3,(H,25,28). The number of carbonyl (C=O) groups is 2. The predicted octanol–water partition coefficient (Wildman–Crippen LogP) is 3.61. The molecule has 29 heavy (non-hydrogen) atoms. The Labute approximate surface area is 174 Å². The Morgan fingerprint density at radius 1 is 1.00 bits per heavy atom. The SMILES string of the molecule is CCC(C)NC(=O)C(C)N(CCc1ccccc1)C(=O)Cc1ccc(OC)cc1. The Balaban J connectivity index is 2.12. The normalized spacial score (nSPS) is 12.7. The molecule has 0 aliphatic rings. The lowest BCUT2D eigenvalue weighted by atomic mass is 10.1. The van der Waals surface area contributed by atoms with E-state index in [-0.39, 0.29) is 24.3 Å². The lowest BCUT2D eigenvalue weighted by Crippen LogP contribution is -2.50. The van der Waals surface area contributed by atoms with Crippen LogP contribution >= 0.6 is 0 Å². The van der Waals surface area contributed by atoms with Crippen molar-refractivity contribution in [3.63, 3.8) is 0 Å². The fraction of sp³-hybridized carbons (Fsp3) is 0.417. The third-order valence-corrected chi connectivity index (χ3v) is 5.17. The van der Waals surface area contributed by atoms with Crippen molar-refractivity contribution in [3.8, 4) is 5.75 Å². The molecule has 2 aromatic carbocycles. The smallest absolute Gasteiger partial charge is 0.242 e. The van der Waals surface area contributed by atoms with Gasteiger partial charge in [-0.05, 0) is 49.9 Å². The van der Waals surface area contributed by atoms with E-state index in [0.29, 0.717) is 13.0 Å². The molecule has 0 fully saturated rings. The van der Waals surface area contributed by atoms with Crippen LogP contribution in [0.25, 0.3) is 0 Å². The van der Waals surface area contributed by atoms with E-state index in [0.717, 1.165) is 23.3 Å². The first-order chi connectivity index (χ1) is 13.9. The highest BCUT2D eigenvalue weighted by atomic mass is 16.5. The van der Waals surface area contributed by atoms with Gasteiger partial charge in [-0.3, -0.25) is 9.59 Å². The van der Waals surface area contributed by atoms with Gasteiger partial charge in [-0.2, -0.15) is 0 Å². The number of nitrogens with zero attached hydrogens (tertiary/aromatic N) is 1. The number of ether oxygens (including phenoxy) is 1. The largest absolute Gasteiger partial charge is 0.497 e. The van der Waals surface area contributed by atoms with E-state index in [1.807, 2.05) is 68.4 Å². The summed E-state index contributed by atoms with van der Waals surface area (Å²) in [6.07, 6.45) is 1.80. The summed E-state index contributed by atoms with van der Waals surface area (Å²) in [5.41, 5.74) is 2.04. The monoisotopic (exact) mass is 396 g/mol. The quantitative estimate of drug-likeness (QED) is 0.667. The van der Waals surface area contributed by atoms with E-state index in [9.17, 15) is 9.59 Å². The molecule has 0 saturated heterocycles. The number of carbonyl (C=O) groups excluding carboxylic acids is 2. The lowest BCUT2D eigenvalue weighted by Gasteiger charge is -2.29. The Morgan fingerprint density at radius 3 is 2.24 bits per heavy atom. The number of benzene rings is 2. The summed E-state index contributed by atoms with van der Waals surface area (Å²) in [6.45, 7) is 6.29. The summed E-state index contributed by atoms with van der Waals surface area (Å²) in [4.78, 5) is 27.5. The van der Waals surface area contributed by atoms with Gasteiger partial charge in [-0.1, -0.05) is 49.4 Å². The zero-order valence-corrected chi connectivity index (χ0v) is 17.9. The maximum Gasteiger partial charge on any atom is 0.242 e. The highest BCUT2D eigenvalue weighted by Gasteiger charge is 2.26. The first kappa shape index (κ1) is 22.5. The van der Waals surface area contributed by atoms with Crippen LogP contribution in [0.2, 0.25) is 0 Å². The molecule has 2 rings (SSSR count). The number of methoxy groups -OCH3 is 1. The molecule has 0 saturated carbocycles.